The molecular weight excluding hydrogens is 354 g/mol. The lowest BCUT2D eigenvalue weighted by molar-refractivity contribution is -0.139. The van der Waals surface area contributed by atoms with E-state index in [-0.39, 0.29) is 18.4 Å². The number of hydrogen-bond donors (Lipinski definition) is 1. The Labute approximate surface area is 168 Å². The fraction of sp³-hybridized carbons (Fsp3) is 0.636. The van der Waals surface area contributed by atoms with Crippen LogP contribution in [0.1, 0.15) is 54.4 Å². The van der Waals surface area contributed by atoms with Crippen molar-refractivity contribution in [3.63, 3.8) is 0 Å². The van der Waals surface area contributed by atoms with Gasteiger partial charge < -0.3 is 15.4 Å². The van der Waals surface area contributed by atoms with Crippen LogP contribution in [0.3, 0.4) is 0 Å². The van der Waals surface area contributed by atoms with Gasteiger partial charge in [-0.05, 0) is 62.4 Å². The van der Waals surface area contributed by atoms with Crippen molar-refractivity contribution in [3.8, 4) is 0 Å². The van der Waals surface area contributed by atoms with Gasteiger partial charge in [-0.15, -0.1) is 0 Å². The SMILES string of the molecule is COCC(=O)N1CCCCCC1C1CCN(Cc2cccc(C(N)=O)c2)CC1. The molecule has 0 bridgehead atoms. The lowest BCUT2D eigenvalue weighted by atomic mass is 9.86. The average molecular weight is 388 g/mol. The Hall–Kier alpha value is -1.92. The molecule has 1 atom stereocenters. The van der Waals surface area contributed by atoms with E-state index in [2.05, 4.69) is 15.9 Å². The van der Waals surface area contributed by atoms with Crippen LogP contribution in [0.25, 0.3) is 0 Å². The second-order valence-corrected chi connectivity index (χ2v) is 8.12. The third kappa shape index (κ3) is 5.32. The van der Waals surface area contributed by atoms with E-state index in [0.29, 0.717) is 17.5 Å². The minimum Gasteiger partial charge on any atom is -0.375 e. The molecule has 0 radical (unpaired) electrons. The predicted octanol–water partition coefficient (Wildman–Crippen LogP) is 2.42. The number of hydrogen-bond acceptors (Lipinski definition) is 4. The molecule has 2 amide bonds. The molecule has 0 spiro atoms. The maximum absolute atomic E-state index is 12.5. The molecular formula is C22H33N3O3. The molecule has 1 aromatic carbocycles. The summed E-state index contributed by atoms with van der Waals surface area (Å²) in [6.45, 7) is 3.94. The number of primary amides is 1. The van der Waals surface area contributed by atoms with Gasteiger partial charge in [0.2, 0.25) is 11.8 Å². The lowest BCUT2D eigenvalue weighted by Crippen LogP contribution is -2.48. The predicted molar refractivity (Wildman–Crippen MR) is 109 cm³/mol. The van der Waals surface area contributed by atoms with Crippen LogP contribution in [-0.2, 0) is 16.1 Å². The Balaban J connectivity index is 1.58. The normalized spacial score (nSPS) is 22.0. The third-order valence-electron chi connectivity index (χ3n) is 6.18. The molecule has 2 saturated heterocycles. The number of carbonyl (C=O) groups excluding carboxylic acids is 2. The van der Waals surface area contributed by atoms with E-state index >= 15 is 0 Å². The zero-order chi connectivity index (χ0) is 19.9. The molecule has 2 heterocycles. The zero-order valence-corrected chi connectivity index (χ0v) is 16.9. The van der Waals surface area contributed by atoms with Crippen LogP contribution in [-0.4, -0.2) is 61.0 Å². The maximum Gasteiger partial charge on any atom is 0.248 e. The quantitative estimate of drug-likeness (QED) is 0.813. The number of rotatable bonds is 6. The van der Waals surface area contributed by atoms with Gasteiger partial charge in [-0.2, -0.15) is 0 Å². The molecule has 1 unspecified atom stereocenters. The van der Waals surface area contributed by atoms with Crippen molar-refractivity contribution in [3.05, 3.63) is 35.4 Å². The van der Waals surface area contributed by atoms with Crippen molar-refractivity contribution >= 4 is 11.8 Å². The summed E-state index contributed by atoms with van der Waals surface area (Å²) in [5.41, 5.74) is 7.09. The largest absolute Gasteiger partial charge is 0.375 e. The lowest BCUT2D eigenvalue weighted by Gasteiger charge is -2.40. The molecule has 0 saturated carbocycles. The number of nitrogens with two attached hydrogens (primary N) is 1. The molecule has 28 heavy (non-hydrogen) atoms. The van der Waals surface area contributed by atoms with Crippen LogP contribution >= 0.6 is 0 Å². The smallest absolute Gasteiger partial charge is 0.248 e. The number of piperidine rings is 1. The van der Waals surface area contributed by atoms with Gasteiger partial charge in [0, 0.05) is 31.8 Å². The van der Waals surface area contributed by atoms with Crippen molar-refractivity contribution in [2.24, 2.45) is 11.7 Å². The fourth-order valence-electron chi connectivity index (χ4n) is 4.72. The average Bonchev–Trinajstić information content (AvgIpc) is 2.95. The molecule has 0 aromatic heterocycles. The first-order chi connectivity index (χ1) is 13.6. The van der Waals surface area contributed by atoms with Gasteiger partial charge in [-0.1, -0.05) is 25.0 Å². The van der Waals surface area contributed by atoms with Crippen molar-refractivity contribution in [2.75, 3.05) is 33.4 Å². The summed E-state index contributed by atoms with van der Waals surface area (Å²) in [5, 5.41) is 0. The van der Waals surface area contributed by atoms with Gasteiger partial charge in [-0.25, -0.2) is 0 Å². The highest BCUT2D eigenvalue weighted by Crippen LogP contribution is 2.30. The van der Waals surface area contributed by atoms with E-state index < -0.39 is 0 Å². The Morgan fingerprint density at radius 3 is 2.61 bits per heavy atom. The first-order valence-electron chi connectivity index (χ1n) is 10.5. The Morgan fingerprint density at radius 2 is 1.89 bits per heavy atom. The van der Waals surface area contributed by atoms with Crippen LogP contribution in [0, 0.1) is 5.92 Å². The Morgan fingerprint density at radius 1 is 1.11 bits per heavy atom. The zero-order valence-electron chi connectivity index (χ0n) is 16.9. The van der Waals surface area contributed by atoms with Gasteiger partial charge >= 0.3 is 0 Å². The number of methoxy groups -OCH3 is 1. The van der Waals surface area contributed by atoms with Crippen LogP contribution in [0.15, 0.2) is 24.3 Å². The molecule has 1 aromatic rings. The van der Waals surface area contributed by atoms with E-state index in [1.165, 1.54) is 12.8 Å². The van der Waals surface area contributed by atoms with Crippen molar-refractivity contribution < 1.29 is 14.3 Å². The molecule has 0 aliphatic carbocycles. The molecule has 2 fully saturated rings. The summed E-state index contributed by atoms with van der Waals surface area (Å²) < 4.78 is 5.11. The molecule has 6 heteroatoms. The molecule has 6 nitrogen and oxygen atoms in total. The fourth-order valence-corrected chi connectivity index (χ4v) is 4.72. The Bertz CT molecular complexity index is 671. The highest BCUT2D eigenvalue weighted by Gasteiger charge is 2.33. The molecule has 2 N–H and O–H groups in total. The third-order valence-corrected chi connectivity index (χ3v) is 6.18. The van der Waals surface area contributed by atoms with E-state index in [9.17, 15) is 9.59 Å². The maximum atomic E-state index is 12.5. The van der Waals surface area contributed by atoms with Crippen LogP contribution in [0.5, 0.6) is 0 Å². The molecule has 2 aliphatic rings. The summed E-state index contributed by atoms with van der Waals surface area (Å²) in [6.07, 6.45) is 6.85. The number of likely N-dealkylation sites (tertiary alicyclic amines) is 2. The van der Waals surface area contributed by atoms with Crippen LogP contribution < -0.4 is 5.73 Å². The first kappa shape index (κ1) is 20.8. The van der Waals surface area contributed by atoms with Crippen molar-refractivity contribution in [1.29, 1.82) is 0 Å². The summed E-state index contributed by atoms with van der Waals surface area (Å²) in [7, 11) is 1.59. The van der Waals surface area contributed by atoms with Gasteiger partial charge in [0.1, 0.15) is 6.61 Å². The Kier molecular flexibility index (Phi) is 7.45. The standard InChI is InChI=1S/C22H33N3O3/c1-28-16-21(26)25-11-4-2-3-8-20(25)18-9-12-24(13-10-18)15-17-6-5-7-19(14-17)22(23)27/h5-7,14,18,20H,2-4,8-13,15-16H2,1H3,(H2,23,27). The van der Waals surface area contributed by atoms with Gasteiger partial charge in [0.05, 0.1) is 0 Å². The van der Waals surface area contributed by atoms with E-state index in [1.807, 2.05) is 12.1 Å². The second-order valence-electron chi connectivity index (χ2n) is 8.12. The van der Waals surface area contributed by atoms with Crippen molar-refractivity contribution in [1.82, 2.24) is 9.80 Å². The first-order valence-corrected chi connectivity index (χ1v) is 10.5. The van der Waals surface area contributed by atoms with E-state index in [1.54, 1.807) is 13.2 Å². The number of amides is 2. The minimum atomic E-state index is -0.380. The van der Waals surface area contributed by atoms with Crippen LogP contribution in [0.2, 0.25) is 0 Å². The summed E-state index contributed by atoms with van der Waals surface area (Å²) in [6, 6.07) is 7.95. The van der Waals surface area contributed by atoms with Gasteiger partial charge in [0.15, 0.2) is 0 Å². The van der Waals surface area contributed by atoms with Crippen LogP contribution in [0.4, 0.5) is 0 Å². The van der Waals surface area contributed by atoms with Crippen molar-refractivity contribution in [2.45, 2.75) is 51.1 Å². The highest BCUT2D eigenvalue weighted by molar-refractivity contribution is 5.92. The second kappa shape index (κ2) is 10.0. The van der Waals surface area contributed by atoms with E-state index in [0.717, 1.165) is 57.4 Å². The minimum absolute atomic E-state index is 0.139. The monoisotopic (exact) mass is 387 g/mol. The summed E-state index contributed by atoms with van der Waals surface area (Å²) >= 11 is 0. The molecule has 154 valence electrons. The summed E-state index contributed by atoms with van der Waals surface area (Å²) in [4.78, 5) is 28.5. The summed E-state index contributed by atoms with van der Waals surface area (Å²) in [5.74, 6) is 0.321. The van der Waals surface area contributed by atoms with Gasteiger partial charge in [0.25, 0.3) is 0 Å². The van der Waals surface area contributed by atoms with E-state index in [4.69, 9.17) is 10.5 Å². The topological polar surface area (TPSA) is 75.9 Å². The molecule has 3 rings (SSSR count). The number of nitrogens with zero attached hydrogens (tertiary/aromatic N) is 2. The highest BCUT2D eigenvalue weighted by atomic mass is 16.5. The number of ether oxygens (including phenoxy) is 1. The van der Waals surface area contributed by atoms with Gasteiger partial charge in [-0.3, -0.25) is 14.5 Å². The number of carbonyl (C=O) groups is 2. The number of benzene rings is 1. The molecule has 2 aliphatic heterocycles.